The fourth-order valence-corrected chi connectivity index (χ4v) is 3.45. The lowest BCUT2D eigenvalue weighted by Gasteiger charge is -2.37. The van der Waals surface area contributed by atoms with Crippen LogP contribution in [0.2, 0.25) is 0 Å². The monoisotopic (exact) mass is 268 g/mol. The van der Waals surface area contributed by atoms with Crippen LogP contribution >= 0.6 is 11.3 Å². The van der Waals surface area contributed by atoms with Gasteiger partial charge in [0.25, 0.3) is 5.91 Å². The van der Waals surface area contributed by atoms with Gasteiger partial charge in [0.1, 0.15) is 5.69 Å². The number of carbonyl (C=O) groups is 1. The fraction of sp³-hybridized carbons (Fsp3) is 0.692. The molecule has 1 aliphatic rings. The Labute approximate surface area is 112 Å². The van der Waals surface area contributed by atoms with Crippen LogP contribution in [-0.4, -0.2) is 41.6 Å². The summed E-state index contributed by atoms with van der Waals surface area (Å²) in [5.41, 5.74) is 2.16. The van der Waals surface area contributed by atoms with Gasteiger partial charge in [-0.2, -0.15) is 0 Å². The average Bonchev–Trinajstić information content (AvgIpc) is 2.98. The summed E-state index contributed by atoms with van der Waals surface area (Å²) in [5, 5.41) is 1.82. The second-order valence-corrected chi connectivity index (χ2v) is 5.56. The van der Waals surface area contributed by atoms with Crippen LogP contribution in [0, 0.1) is 0 Å². The third-order valence-corrected chi connectivity index (χ3v) is 4.21. The number of hydrogen-bond donors (Lipinski definition) is 0. The third kappa shape index (κ3) is 2.42. The summed E-state index contributed by atoms with van der Waals surface area (Å²) in [6, 6.07) is 0. The number of amides is 1. The first-order valence-electron chi connectivity index (χ1n) is 6.42. The van der Waals surface area contributed by atoms with Crippen LogP contribution in [0.4, 0.5) is 0 Å². The Kier molecular flexibility index (Phi) is 4.35. The van der Waals surface area contributed by atoms with Crippen LogP contribution < -0.4 is 0 Å². The summed E-state index contributed by atoms with van der Waals surface area (Å²) in [7, 11) is 1.71. The molecule has 0 radical (unpaired) electrons. The van der Waals surface area contributed by atoms with Crippen molar-refractivity contribution in [2.24, 2.45) is 0 Å². The molecule has 1 atom stereocenters. The van der Waals surface area contributed by atoms with Crippen molar-refractivity contribution in [1.29, 1.82) is 0 Å². The number of likely N-dealkylation sites (tertiary alicyclic amines) is 1. The summed E-state index contributed by atoms with van der Waals surface area (Å²) >= 11 is 1.46. The Morgan fingerprint density at radius 1 is 1.67 bits per heavy atom. The van der Waals surface area contributed by atoms with Crippen LogP contribution in [0.15, 0.2) is 10.9 Å². The van der Waals surface area contributed by atoms with Crippen molar-refractivity contribution >= 4 is 17.2 Å². The van der Waals surface area contributed by atoms with Gasteiger partial charge in [0.15, 0.2) is 0 Å². The first-order valence-corrected chi connectivity index (χ1v) is 7.37. The Hall–Kier alpha value is -0.940. The lowest BCUT2D eigenvalue weighted by molar-refractivity contribution is 0.0251. The van der Waals surface area contributed by atoms with Crippen LogP contribution in [-0.2, 0) is 4.74 Å². The van der Waals surface area contributed by atoms with E-state index in [1.54, 1.807) is 12.6 Å². The summed E-state index contributed by atoms with van der Waals surface area (Å²) < 4.78 is 5.37. The number of thiazole rings is 1. The van der Waals surface area contributed by atoms with Gasteiger partial charge in [-0.05, 0) is 19.3 Å². The van der Waals surface area contributed by atoms with E-state index >= 15 is 0 Å². The molecule has 0 aromatic carbocycles. The molecule has 100 valence electrons. The van der Waals surface area contributed by atoms with Crippen molar-refractivity contribution in [1.82, 2.24) is 9.88 Å². The first-order chi connectivity index (χ1) is 8.73. The van der Waals surface area contributed by atoms with E-state index in [1.165, 1.54) is 11.3 Å². The Balaban J connectivity index is 2.21. The highest BCUT2D eigenvalue weighted by molar-refractivity contribution is 7.07. The van der Waals surface area contributed by atoms with Crippen molar-refractivity contribution in [3.8, 4) is 0 Å². The second kappa shape index (κ2) is 5.80. The maximum absolute atomic E-state index is 12.5. The van der Waals surface area contributed by atoms with Crippen molar-refractivity contribution in [3.63, 3.8) is 0 Å². The van der Waals surface area contributed by atoms with Gasteiger partial charge in [-0.25, -0.2) is 4.98 Å². The van der Waals surface area contributed by atoms with Crippen molar-refractivity contribution in [2.75, 3.05) is 20.3 Å². The van der Waals surface area contributed by atoms with E-state index < -0.39 is 0 Å². The standard InChI is InChI=1S/C13H20N2O2S/c1-3-5-13(9-17-2)6-4-7-15(13)12(16)11-8-18-10-14-11/h8,10H,3-7,9H2,1-2H3/t13-/m1/s1. The van der Waals surface area contributed by atoms with E-state index in [-0.39, 0.29) is 11.4 Å². The quantitative estimate of drug-likeness (QED) is 0.824. The molecule has 2 rings (SSSR count). The molecular weight excluding hydrogens is 248 g/mol. The smallest absolute Gasteiger partial charge is 0.273 e. The summed E-state index contributed by atoms with van der Waals surface area (Å²) in [6.07, 6.45) is 4.14. The van der Waals surface area contributed by atoms with Crippen LogP contribution in [0.1, 0.15) is 43.1 Å². The lowest BCUT2D eigenvalue weighted by Crippen LogP contribution is -2.50. The topological polar surface area (TPSA) is 42.4 Å². The fourth-order valence-electron chi connectivity index (χ4n) is 2.93. The van der Waals surface area contributed by atoms with E-state index in [9.17, 15) is 4.79 Å². The second-order valence-electron chi connectivity index (χ2n) is 4.84. The lowest BCUT2D eigenvalue weighted by atomic mass is 9.91. The molecule has 0 aliphatic carbocycles. The molecule has 5 heteroatoms. The Morgan fingerprint density at radius 3 is 3.11 bits per heavy atom. The molecule has 0 N–H and O–H groups in total. The molecule has 0 saturated carbocycles. The summed E-state index contributed by atoms with van der Waals surface area (Å²) in [4.78, 5) is 18.6. The minimum atomic E-state index is -0.121. The van der Waals surface area contributed by atoms with Crippen LogP contribution in [0.3, 0.4) is 0 Å². The van der Waals surface area contributed by atoms with Gasteiger partial charge in [-0.15, -0.1) is 11.3 Å². The SMILES string of the molecule is CCC[C@]1(COC)CCCN1C(=O)c1cscn1. The molecule has 1 saturated heterocycles. The molecule has 0 bridgehead atoms. The van der Waals surface area contributed by atoms with Gasteiger partial charge in [0.2, 0.25) is 0 Å². The van der Waals surface area contributed by atoms with Crippen LogP contribution in [0.25, 0.3) is 0 Å². The van der Waals surface area contributed by atoms with E-state index in [4.69, 9.17) is 4.74 Å². The predicted molar refractivity (Wildman–Crippen MR) is 71.9 cm³/mol. The van der Waals surface area contributed by atoms with E-state index in [2.05, 4.69) is 11.9 Å². The van der Waals surface area contributed by atoms with Crippen molar-refractivity contribution in [3.05, 3.63) is 16.6 Å². The van der Waals surface area contributed by atoms with Gasteiger partial charge in [-0.3, -0.25) is 4.79 Å². The minimum absolute atomic E-state index is 0.0549. The van der Waals surface area contributed by atoms with Gasteiger partial charge < -0.3 is 9.64 Å². The number of ether oxygens (including phenoxy) is 1. The summed E-state index contributed by atoms with van der Waals surface area (Å²) in [6.45, 7) is 3.59. The third-order valence-electron chi connectivity index (χ3n) is 3.62. The number of rotatable bonds is 5. The zero-order valence-electron chi connectivity index (χ0n) is 11.0. The molecule has 1 amide bonds. The van der Waals surface area contributed by atoms with E-state index in [0.717, 1.165) is 32.2 Å². The van der Waals surface area contributed by atoms with Crippen molar-refractivity contribution < 1.29 is 9.53 Å². The van der Waals surface area contributed by atoms with E-state index in [1.807, 2.05) is 10.3 Å². The highest BCUT2D eigenvalue weighted by atomic mass is 32.1. The number of aromatic nitrogens is 1. The number of nitrogens with zero attached hydrogens (tertiary/aromatic N) is 2. The molecule has 0 unspecified atom stereocenters. The molecule has 1 aromatic heterocycles. The highest BCUT2D eigenvalue weighted by Gasteiger charge is 2.43. The molecular formula is C13H20N2O2S. The van der Waals surface area contributed by atoms with Crippen LogP contribution in [0.5, 0.6) is 0 Å². The van der Waals surface area contributed by atoms with Crippen molar-refractivity contribution in [2.45, 2.75) is 38.1 Å². The zero-order chi connectivity index (χ0) is 13.0. The number of hydrogen-bond acceptors (Lipinski definition) is 4. The molecule has 1 fully saturated rings. The van der Waals surface area contributed by atoms with Gasteiger partial charge in [0.05, 0.1) is 17.7 Å². The van der Waals surface area contributed by atoms with Gasteiger partial charge in [0, 0.05) is 19.0 Å². The van der Waals surface area contributed by atoms with E-state index in [0.29, 0.717) is 12.3 Å². The Morgan fingerprint density at radius 2 is 2.50 bits per heavy atom. The minimum Gasteiger partial charge on any atom is -0.382 e. The molecule has 1 aromatic rings. The maximum atomic E-state index is 12.5. The molecule has 0 spiro atoms. The molecule has 1 aliphatic heterocycles. The average molecular weight is 268 g/mol. The predicted octanol–water partition coefficient (Wildman–Crippen LogP) is 2.56. The molecule has 4 nitrogen and oxygen atoms in total. The normalized spacial score (nSPS) is 23.6. The summed E-state index contributed by atoms with van der Waals surface area (Å²) in [5.74, 6) is 0.0549. The number of carbonyl (C=O) groups excluding carboxylic acids is 1. The number of methoxy groups -OCH3 is 1. The molecule has 18 heavy (non-hydrogen) atoms. The zero-order valence-corrected chi connectivity index (χ0v) is 11.8. The first kappa shape index (κ1) is 13.5. The largest absolute Gasteiger partial charge is 0.382 e. The van der Waals surface area contributed by atoms with Gasteiger partial charge in [-0.1, -0.05) is 13.3 Å². The maximum Gasteiger partial charge on any atom is 0.273 e. The Bertz CT molecular complexity index is 386. The van der Waals surface area contributed by atoms with Gasteiger partial charge >= 0.3 is 0 Å². The highest BCUT2D eigenvalue weighted by Crippen LogP contribution is 2.35. The molecule has 2 heterocycles.